The van der Waals surface area contributed by atoms with Gasteiger partial charge in [-0.15, -0.1) is 0 Å². The van der Waals surface area contributed by atoms with E-state index in [0.717, 1.165) is 50.5 Å². The molecule has 2 heterocycles. The van der Waals surface area contributed by atoms with Crippen LogP contribution in [0.25, 0.3) is 82.5 Å². The third-order valence-electron chi connectivity index (χ3n) is 14.4. The summed E-state index contributed by atoms with van der Waals surface area (Å²) in [7, 11) is 0. The summed E-state index contributed by atoms with van der Waals surface area (Å²) in [6.07, 6.45) is 6.70. The van der Waals surface area contributed by atoms with Gasteiger partial charge in [0.1, 0.15) is 11.2 Å². The number of hydrogen-bond donors (Lipinski definition) is 0. The van der Waals surface area contributed by atoms with Crippen molar-refractivity contribution in [2.75, 3.05) is 4.90 Å². The average molecular weight is 797 g/mol. The molecular formula is C59H44N2O. The van der Waals surface area contributed by atoms with Crippen molar-refractivity contribution < 1.29 is 4.42 Å². The quantitative estimate of drug-likeness (QED) is 0.160. The molecule has 2 aromatic heterocycles. The molecule has 0 saturated heterocycles. The highest BCUT2D eigenvalue weighted by Gasteiger charge is 2.46. The number of nitrogens with zero attached hydrogens (tertiary/aromatic N) is 2. The van der Waals surface area contributed by atoms with E-state index in [9.17, 15) is 0 Å². The monoisotopic (exact) mass is 796 g/mol. The number of rotatable bonds is 7. The molecule has 2 bridgehead atoms. The van der Waals surface area contributed by atoms with Gasteiger partial charge in [0.25, 0.3) is 0 Å². The molecule has 0 N–H and O–H groups in total. The third-order valence-corrected chi connectivity index (χ3v) is 14.4. The van der Waals surface area contributed by atoms with Crippen LogP contribution in [0.4, 0.5) is 17.1 Å². The Hall–Kier alpha value is -7.36. The van der Waals surface area contributed by atoms with Crippen molar-refractivity contribution in [3.05, 3.63) is 206 Å². The van der Waals surface area contributed by atoms with E-state index < -0.39 is 0 Å². The summed E-state index contributed by atoms with van der Waals surface area (Å²) in [6.45, 7) is 0. The summed E-state index contributed by atoms with van der Waals surface area (Å²) in [6, 6.07) is 73.6. The van der Waals surface area contributed by atoms with Crippen molar-refractivity contribution in [2.24, 2.45) is 5.92 Å². The number of para-hydroxylation sites is 2. The predicted octanol–water partition coefficient (Wildman–Crippen LogP) is 16.5. The van der Waals surface area contributed by atoms with Crippen molar-refractivity contribution in [1.82, 2.24) is 4.57 Å². The summed E-state index contributed by atoms with van der Waals surface area (Å²) >= 11 is 0. The van der Waals surface area contributed by atoms with E-state index in [2.05, 4.69) is 210 Å². The molecular weight excluding hydrogens is 753 g/mol. The van der Waals surface area contributed by atoms with E-state index in [1.54, 1.807) is 0 Å². The summed E-state index contributed by atoms with van der Waals surface area (Å²) in [5, 5.41) is 7.24. The van der Waals surface area contributed by atoms with Gasteiger partial charge in [-0.1, -0.05) is 140 Å². The molecule has 3 nitrogen and oxygen atoms in total. The summed E-state index contributed by atoms with van der Waals surface area (Å²) < 4.78 is 9.05. The molecule has 2 fully saturated rings. The van der Waals surface area contributed by atoms with Crippen molar-refractivity contribution in [1.29, 1.82) is 0 Å². The maximum absolute atomic E-state index is 6.54. The van der Waals surface area contributed by atoms with E-state index in [1.807, 2.05) is 0 Å². The minimum absolute atomic E-state index is 0.321. The van der Waals surface area contributed by atoms with E-state index in [0.29, 0.717) is 5.41 Å². The number of fused-ring (bicyclic) bond motifs is 9. The molecule has 0 atom stereocenters. The zero-order chi connectivity index (χ0) is 40.8. The van der Waals surface area contributed by atoms with Gasteiger partial charge in [0, 0.05) is 33.2 Å². The first-order valence-corrected chi connectivity index (χ1v) is 22.2. The van der Waals surface area contributed by atoms with Gasteiger partial charge < -0.3 is 13.9 Å². The summed E-state index contributed by atoms with van der Waals surface area (Å²) in [5.41, 5.74) is 15.3. The Morgan fingerprint density at radius 3 is 1.92 bits per heavy atom. The Balaban J connectivity index is 1.06. The second-order valence-corrected chi connectivity index (χ2v) is 17.7. The molecule has 3 heteroatoms. The minimum Gasteiger partial charge on any atom is -0.456 e. The van der Waals surface area contributed by atoms with Crippen LogP contribution in [0.2, 0.25) is 0 Å². The van der Waals surface area contributed by atoms with Gasteiger partial charge >= 0.3 is 0 Å². The molecule has 0 aliphatic heterocycles. The third kappa shape index (κ3) is 5.44. The van der Waals surface area contributed by atoms with Crippen LogP contribution in [0, 0.1) is 5.92 Å². The number of anilines is 3. The molecule has 13 rings (SSSR count). The van der Waals surface area contributed by atoms with Crippen molar-refractivity contribution >= 4 is 71.6 Å². The number of furan rings is 1. The van der Waals surface area contributed by atoms with Crippen LogP contribution in [0.5, 0.6) is 0 Å². The lowest BCUT2D eigenvalue weighted by atomic mass is 9.77. The molecule has 11 aromatic rings. The van der Waals surface area contributed by atoms with E-state index >= 15 is 0 Å². The molecule has 9 aromatic carbocycles. The van der Waals surface area contributed by atoms with Gasteiger partial charge in [0.2, 0.25) is 0 Å². The Labute approximate surface area is 361 Å². The lowest BCUT2D eigenvalue weighted by Gasteiger charge is -2.27. The molecule has 0 spiro atoms. The van der Waals surface area contributed by atoms with Crippen LogP contribution in [-0.2, 0) is 5.41 Å². The fourth-order valence-electron chi connectivity index (χ4n) is 11.6. The Morgan fingerprint density at radius 1 is 0.484 bits per heavy atom. The molecule has 296 valence electrons. The molecule has 62 heavy (non-hydrogen) atoms. The molecule has 2 saturated carbocycles. The van der Waals surface area contributed by atoms with Crippen LogP contribution >= 0.6 is 0 Å². The maximum atomic E-state index is 6.54. The van der Waals surface area contributed by atoms with Crippen molar-refractivity contribution in [3.8, 4) is 27.9 Å². The maximum Gasteiger partial charge on any atom is 0.137 e. The molecule has 2 aliphatic rings. The summed E-state index contributed by atoms with van der Waals surface area (Å²) in [4.78, 5) is 2.45. The Kier molecular flexibility index (Phi) is 7.90. The molecule has 0 amide bonds. The van der Waals surface area contributed by atoms with E-state index in [1.165, 1.54) is 92.6 Å². The van der Waals surface area contributed by atoms with Gasteiger partial charge in [0.05, 0.1) is 22.1 Å². The zero-order valence-electron chi connectivity index (χ0n) is 34.5. The number of benzene rings is 9. The Bertz CT molecular complexity index is 3510. The fourth-order valence-corrected chi connectivity index (χ4v) is 11.6. The minimum atomic E-state index is 0.321. The number of hydrogen-bond acceptors (Lipinski definition) is 2. The van der Waals surface area contributed by atoms with Crippen LogP contribution in [-0.4, -0.2) is 4.57 Å². The van der Waals surface area contributed by atoms with Gasteiger partial charge in [0.15, 0.2) is 0 Å². The van der Waals surface area contributed by atoms with Crippen LogP contribution < -0.4 is 4.90 Å². The highest BCUT2D eigenvalue weighted by Crippen LogP contribution is 2.56. The normalized spacial score (nSPS) is 17.3. The van der Waals surface area contributed by atoms with Gasteiger partial charge in [-0.25, -0.2) is 0 Å². The van der Waals surface area contributed by atoms with Gasteiger partial charge in [-0.2, -0.15) is 0 Å². The SMILES string of the molecule is c1ccc(-c2cccc3cccc(-c4cccc(N(c5ccc6c7ccc(C89CCC(CC8)C9)cc7n(-c7ccccc7)c6c5)c5cccc6oc7ccccc7c56)c4)c23)cc1. The standard InChI is InChI=1S/C59H44N2O/c1-3-13-40(14-4-1)47-22-10-15-41-16-11-23-48(57(41)47)42-17-9-20-45(35-42)60(52-24-12-26-56-58(52)51-21-7-8-25-55(51)62-56)46-28-30-50-49-29-27-43(59-33-31-39(38-59)32-34-59)36-53(49)61(54(50)37-46)44-18-5-2-6-19-44/h1-30,35-37,39H,31-34,38H2. The van der Waals surface area contributed by atoms with Crippen LogP contribution in [0.15, 0.2) is 205 Å². The lowest BCUT2D eigenvalue weighted by molar-refractivity contribution is 0.419. The molecule has 0 radical (unpaired) electrons. The topological polar surface area (TPSA) is 21.3 Å². The second kappa shape index (κ2) is 13.8. The van der Waals surface area contributed by atoms with Crippen molar-refractivity contribution in [3.63, 3.8) is 0 Å². The van der Waals surface area contributed by atoms with Crippen LogP contribution in [0.3, 0.4) is 0 Å². The lowest BCUT2D eigenvalue weighted by Crippen LogP contribution is -2.19. The highest BCUT2D eigenvalue weighted by molar-refractivity contribution is 6.15. The largest absolute Gasteiger partial charge is 0.456 e. The molecule has 0 unspecified atom stereocenters. The first-order chi connectivity index (χ1) is 30.7. The highest BCUT2D eigenvalue weighted by atomic mass is 16.3. The fraction of sp³-hybridized carbons (Fsp3) is 0.119. The van der Waals surface area contributed by atoms with Gasteiger partial charge in [-0.05, 0) is 143 Å². The first kappa shape index (κ1) is 35.4. The molecule has 2 aliphatic carbocycles. The number of aromatic nitrogens is 1. The van der Waals surface area contributed by atoms with E-state index in [4.69, 9.17) is 4.42 Å². The predicted molar refractivity (Wildman–Crippen MR) is 259 cm³/mol. The van der Waals surface area contributed by atoms with Crippen molar-refractivity contribution in [2.45, 2.75) is 37.5 Å². The first-order valence-electron chi connectivity index (χ1n) is 22.2. The zero-order valence-corrected chi connectivity index (χ0v) is 34.5. The van der Waals surface area contributed by atoms with E-state index in [-0.39, 0.29) is 0 Å². The van der Waals surface area contributed by atoms with Gasteiger partial charge in [-0.3, -0.25) is 0 Å². The summed E-state index contributed by atoms with van der Waals surface area (Å²) in [5.74, 6) is 0.890. The smallest absolute Gasteiger partial charge is 0.137 e. The van der Waals surface area contributed by atoms with Crippen LogP contribution in [0.1, 0.15) is 37.7 Å². The Morgan fingerprint density at radius 2 is 1.13 bits per heavy atom. The average Bonchev–Trinajstić information content (AvgIpc) is 4.13. The second-order valence-electron chi connectivity index (χ2n) is 17.7.